The first-order valence-corrected chi connectivity index (χ1v) is 12.2. The Hall–Kier alpha value is -4.45. The summed E-state index contributed by atoms with van der Waals surface area (Å²) in [6, 6.07) is 27.0. The lowest BCUT2D eigenvalue weighted by molar-refractivity contribution is 0.0951. The Morgan fingerprint density at radius 2 is 1.64 bits per heavy atom. The molecule has 5 rings (SSSR count). The maximum atomic E-state index is 13.0. The van der Waals surface area contributed by atoms with E-state index >= 15 is 0 Å². The predicted octanol–water partition coefficient (Wildman–Crippen LogP) is 5.22. The molecule has 1 aromatic heterocycles. The molecule has 0 atom stereocenters. The first-order valence-electron chi connectivity index (χ1n) is 12.2. The minimum Gasteiger partial charge on any atom is -0.367 e. The lowest BCUT2D eigenvalue weighted by Crippen LogP contribution is -2.28. The first-order chi connectivity index (χ1) is 17.7. The molecule has 1 aliphatic rings. The number of nitrogens with one attached hydrogen (secondary N) is 2. The number of nitrogens with zero attached hydrogens (tertiary/aromatic N) is 2. The highest BCUT2D eigenvalue weighted by molar-refractivity contribution is 6.09. The predicted molar refractivity (Wildman–Crippen MR) is 142 cm³/mol. The van der Waals surface area contributed by atoms with Crippen LogP contribution in [-0.4, -0.2) is 23.3 Å². The third-order valence-corrected chi connectivity index (χ3v) is 6.39. The van der Waals surface area contributed by atoms with Gasteiger partial charge in [0.05, 0.1) is 11.3 Å². The number of hydrogen-bond donors (Lipinski definition) is 2. The Labute approximate surface area is 211 Å². The summed E-state index contributed by atoms with van der Waals surface area (Å²) in [5, 5.41) is 5.78. The van der Waals surface area contributed by atoms with Gasteiger partial charge in [0.2, 0.25) is 0 Å². The topological polar surface area (TPSA) is 74.3 Å². The van der Waals surface area contributed by atoms with Gasteiger partial charge in [-0.15, -0.1) is 0 Å². The Kier molecular flexibility index (Phi) is 7.03. The fourth-order valence-corrected chi connectivity index (χ4v) is 4.52. The first kappa shape index (κ1) is 23.3. The van der Waals surface area contributed by atoms with Crippen molar-refractivity contribution in [1.29, 1.82) is 0 Å². The zero-order chi connectivity index (χ0) is 24.7. The maximum absolute atomic E-state index is 13.0. The Morgan fingerprint density at radius 1 is 0.833 bits per heavy atom. The van der Waals surface area contributed by atoms with Crippen molar-refractivity contribution in [3.63, 3.8) is 0 Å². The molecule has 6 nitrogen and oxygen atoms in total. The molecule has 0 bridgehead atoms. The van der Waals surface area contributed by atoms with Crippen LogP contribution in [0.25, 0.3) is 0 Å². The van der Waals surface area contributed by atoms with Gasteiger partial charge in [-0.2, -0.15) is 0 Å². The number of carbonyl (C=O) groups excluding carboxylic acids is 2. The summed E-state index contributed by atoms with van der Waals surface area (Å²) >= 11 is 0. The van der Waals surface area contributed by atoms with Crippen LogP contribution in [0.5, 0.6) is 0 Å². The van der Waals surface area contributed by atoms with Crippen LogP contribution in [0, 0.1) is 0 Å². The molecule has 0 spiro atoms. The number of amides is 2. The SMILES string of the molecule is O=C(Nc1ccccc1C(=O)NCc1cccnc1)c1ccc(CN2CCCc3ccccc32)cc1. The third kappa shape index (κ3) is 5.44. The Bertz CT molecular complexity index is 1350. The van der Waals surface area contributed by atoms with Gasteiger partial charge in [-0.25, -0.2) is 0 Å². The highest BCUT2D eigenvalue weighted by Crippen LogP contribution is 2.28. The fraction of sp³-hybridized carbons (Fsp3) is 0.167. The number of rotatable bonds is 7. The van der Waals surface area contributed by atoms with Crippen LogP contribution in [0.15, 0.2) is 97.3 Å². The molecule has 0 saturated carbocycles. The van der Waals surface area contributed by atoms with Crippen molar-refractivity contribution in [3.8, 4) is 0 Å². The van der Waals surface area contributed by atoms with Crippen LogP contribution in [0.1, 0.15) is 43.8 Å². The number of fused-ring (bicyclic) bond motifs is 1. The van der Waals surface area contributed by atoms with Crippen LogP contribution in [0.3, 0.4) is 0 Å². The van der Waals surface area contributed by atoms with Crippen molar-refractivity contribution in [3.05, 3.63) is 125 Å². The second kappa shape index (κ2) is 10.9. The molecule has 0 unspecified atom stereocenters. The minimum absolute atomic E-state index is 0.252. The van der Waals surface area contributed by atoms with E-state index in [1.807, 2.05) is 36.4 Å². The van der Waals surface area contributed by atoms with Crippen LogP contribution < -0.4 is 15.5 Å². The van der Waals surface area contributed by atoms with Gasteiger partial charge in [0.15, 0.2) is 0 Å². The zero-order valence-electron chi connectivity index (χ0n) is 20.0. The molecular weight excluding hydrogens is 448 g/mol. The summed E-state index contributed by atoms with van der Waals surface area (Å²) < 4.78 is 0. The van der Waals surface area contributed by atoms with Crippen LogP contribution in [0.4, 0.5) is 11.4 Å². The third-order valence-electron chi connectivity index (χ3n) is 6.39. The van der Waals surface area contributed by atoms with E-state index < -0.39 is 0 Å². The average molecular weight is 477 g/mol. The molecule has 2 heterocycles. The molecule has 2 N–H and O–H groups in total. The molecule has 36 heavy (non-hydrogen) atoms. The molecule has 6 heteroatoms. The van der Waals surface area contributed by atoms with Crippen molar-refractivity contribution >= 4 is 23.2 Å². The zero-order valence-corrected chi connectivity index (χ0v) is 20.0. The molecular formula is C30H28N4O2. The number of anilines is 2. The standard InChI is InChI=1S/C30H28N4O2/c35-29(33-27-11-3-2-10-26(27)30(36)32-20-23-7-5-17-31-19-23)25-15-13-22(14-16-25)21-34-18-6-9-24-8-1-4-12-28(24)34/h1-5,7-8,10-17,19H,6,9,18,20-21H2,(H,32,36)(H,33,35). The van der Waals surface area contributed by atoms with Crippen molar-refractivity contribution in [2.75, 3.05) is 16.8 Å². The van der Waals surface area contributed by atoms with E-state index in [1.54, 1.807) is 36.7 Å². The average Bonchev–Trinajstić information content (AvgIpc) is 2.93. The van der Waals surface area contributed by atoms with Gasteiger partial charge in [-0.05, 0) is 65.9 Å². The number of benzene rings is 3. The van der Waals surface area contributed by atoms with E-state index in [0.717, 1.165) is 37.1 Å². The maximum Gasteiger partial charge on any atom is 0.255 e. The van der Waals surface area contributed by atoms with Crippen LogP contribution in [0.2, 0.25) is 0 Å². The van der Waals surface area contributed by atoms with Crippen molar-refractivity contribution in [1.82, 2.24) is 10.3 Å². The molecule has 0 saturated heterocycles. The highest BCUT2D eigenvalue weighted by Gasteiger charge is 2.17. The fourth-order valence-electron chi connectivity index (χ4n) is 4.52. The van der Waals surface area contributed by atoms with E-state index in [-0.39, 0.29) is 11.8 Å². The highest BCUT2D eigenvalue weighted by atomic mass is 16.2. The number of pyridine rings is 1. The summed E-state index contributed by atoms with van der Waals surface area (Å²) in [4.78, 5) is 32.2. The molecule has 3 aromatic carbocycles. The van der Waals surface area contributed by atoms with E-state index in [9.17, 15) is 9.59 Å². The largest absolute Gasteiger partial charge is 0.367 e. The second-order valence-electron chi connectivity index (χ2n) is 8.89. The number of aromatic nitrogens is 1. The van der Waals surface area contributed by atoms with E-state index in [4.69, 9.17) is 0 Å². The van der Waals surface area contributed by atoms with Crippen molar-refractivity contribution in [2.24, 2.45) is 0 Å². The Morgan fingerprint density at radius 3 is 2.47 bits per heavy atom. The van der Waals surface area contributed by atoms with Gasteiger partial charge >= 0.3 is 0 Å². The summed E-state index contributed by atoms with van der Waals surface area (Å²) in [5.74, 6) is -0.510. The van der Waals surface area contributed by atoms with Crippen molar-refractivity contribution in [2.45, 2.75) is 25.9 Å². The lowest BCUT2D eigenvalue weighted by atomic mass is 10.0. The van der Waals surface area contributed by atoms with Gasteiger partial charge in [0.25, 0.3) is 11.8 Å². The molecule has 0 fully saturated rings. The van der Waals surface area contributed by atoms with Crippen LogP contribution >= 0.6 is 0 Å². The van der Waals surface area contributed by atoms with E-state index in [0.29, 0.717) is 23.4 Å². The molecule has 180 valence electrons. The number of hydrogen-bond acceptors (Lipinski definition) is 4. The number of para-hydroxylation sites is 2. The summed E-state index contributed by atoms with van der Waals surface area (Å²) in [5.41, 5.74) is 6.17. The monoisotopic (exact) mass is 476 g/mol. The quantitative estimate of drug-likeness (QED) is 0.384. The van der Waals surface area contributed by atoms with Gasteiger partial charge in [-0.3, -0.25) is 14.6 Å². The molecule has 0 radical (unpaired) electrons. The van der Waals surface area contributed by atoms with Gasteiger partial charge in [-0.1, -0.05) is 48.5 Å². The second-order valence-corrected chi connectivity index (χ2v) is 8.89. The number of carbonyl (C=O) groups is 2. The normalized spacial score (nSPS) is 12.5. The molecule has 4 aromatic rings. The molecule has 1 aliphatic heterocycles. The lowest BCUT2D eigenvalue weighted by Gasteiger charge is -2.31. The minimum atomic E-state index is -0.257. The van der Waals surface area contributed by atoms with E-state index in [2.05, 4.69) is 44.8 Å². The number of aryl methyl sites for hydroxylation is 1. The summed E-state index contributed by atoms with van der Waals surface area (Å²) in [6.07, 6.45) is 5.67. The van der Waals surface area contributed by atoms with Gasteiger partial charge in [0.1, 0.15) is 0 Å². The smallest absolute Gasteiger partial charge is 0.255 e. The van der Waals surface area contributed by atoms with Gasteiger partial charge < -0.3 is 15.5 Å². The Balaban J connectivity index is 1.23. The van der Waals surface area contributed by atoms with Gasteiger partial charge in [0, 0.05) is 43.3 Å². The summed E-state index contributed by atoms with van der Waals surface area (Å²) in [7, 11) is 0. The van der Waals surface area contributed by atoms with E-state index in [1.165, 1.54) is 11.3 Å². The van der Waals surface area contributed by atoms with Crippen molar-refractivity contribution < 1.29 is 9.59 Å². The summed E-state index contributed by atoms with van der Waals surface area (Å²) in [6.45, 7) is 2.19. The van der Waals surface area contributed by atoms with Crippen LogP contribution in [-0.2, 0) is 19.5 Å². The molecule has 2 amide bonds. The molecule has 0 aliphatic carbocycles.